The van der Waals surface area contributed by atoms with Crippen molar-refractivity contribution in [2.45, 2.75) is 33.8 Å². The quantitative estimate of drug-likeness (QED) is 0.920. The summed E-state index contributed by atoms with van der Waals surface area (Å²) in [5.41, 5.74) is 4.11. The number of amides is 1. The summed E-state index contributed by atoms with van der Waals surface area (Å²) < 4.78 is 5.78. The van der Waals surface area contributed by atoms with Gasteiger partial charge < -0.3 is 10.1 Å². The molecule has 0 aliphatic heterocycles. The number of aryl methyl sites for hydroxylation is 2. The number of nitrogens with one attached hydrogen (secondary N) is 1. The molecule has 0 spiro atoms. The predicted octanol–water partition coefficient (Wildman–Crippen LogP) is 4.02. The molecule has 0 heterocycles. The normalized spacial score (nSPS) is 11.8. The van der Waals surface area contributed by atoms with Crippen LogP contribution in [-0.2, 0) is 4.79 Å². The lowest BCUT2D eigenvalue weighted by Crippen LogP contribution is -2.30. The molecule has 1 atom stereocenters. The Morgan fingerprint density at radius 3 is 2.52 bits per heavy atom. The van der Waals surface area contributed by atoms with Crippen LogP contribution in [0.3, 0.4) is 0 Å². The number of carbonyl (C=O) groups excluding carboxylic acids is 1. The molecule has 0 aliphatic rings. The fraction of sp³-hybridized carbons (Fsp3) is 0.278. The number of anilines is 1. The van der Waals surface area contributed by atoms with Crippen molar-refractivity contribution >= 4 is 11.6 Å². The highest BCUT2D eigenvalue weighted by Gasteiger charge is 2.16. The van der Waals surface area contributed by atoms with E-state index in [0.29, 0.717) is 0 Å². The number of ether oxygens (including phenoxy) is 1. The van der Waals surface area contributed by atoms with E-state index in [2.05, 4.69) is 5.32 Å². The Bertz CT molecular complexity index is 649. The van der Waals surface area contributed by atoms with Crippen LogP contribution in [0.25, 0.3) is 0 Å². The third-order valence-electron chi connectivity index (χ3n) is 3.51. The maximum Gasteiger partial charge on any atom is 0.265 e. The second-order valence-electron chi connectivity index (χ2n) is 5.32. The molecule has 21 heavy (non-hydrogen) atoms. The highest BCUT2D eigenvalue weighted by Crippen LogP contribution is 2.22. The molecule has 1 N–H and O–H groups in total. The molecule has 1 amide bonds. The number of hydrogen-bond donors (Lipinski definition) is 1. The molecule has 2 aromatic carbocycles. The molecule has 1 unspecified atom stereocenters. The van der Waals surface area contributed by atoms with Gasteiger partial charge in [-0.25, -0.2) is 0 Å². The van der Waals surface area contributed by atoms with Gasteiger partial charge in [-0.15, -0.1) is 0 Å². The van der Waals surface area contributed by atoms with Crippen molar-refractivity contribution < 1.29 is 9.53 Å². The van der Waals surface area contributed by atoms with Gasteiger partial charge in [-0.2, -0.15) is 0 Å². The van der Waals surface area contributed by atoms with Gasteiger partial charge in [0.05, 0.1) is 0 Å². The smallest absolute Gasteiger partial charge is 0.265 e. The molecular formula is C18H21NO2. The van der Waals surface area contributed by atoms with Gasteiger partial charge in [0.15, 0.2) is 6.10 Å². The lowest BCUT2D eigenvalue weighted by molar-refractivity contribution is -0.122. The van der Waals surface area contributed by atoms with Crippen LogP contribution in [0.2, 0.25) is 0 Å². The zero-order chi connectivity index (χ0) is 15.4. The van der Waals surface area contributed by atoms with Crippen molar-refractivity contribution in [3.63, 3.8) is 0 Å². The number of hydrogen-bond acceptors (Lipinski definition) is 2. The van der Waals surface area contributed by atoms with Crippen molar-refractivity contribution in [1.29, 1.82) is 0 Å². The average Bonchev–Trinajstić information content (AvgIpc) is 2.44. The summed E-state index contributed by atoms with van der Waals surface area (Å²) in [5.74, 6) is 0.600. The largest absolute Gasteiger partial charge is 0.481 e. The van der Waals surface area contributed by atoms with Gasteiger partial charge in [0, 0.05) is 5.69 Å². The number of rotatable bonds is 4. The fourth-order valence-electron chi connectivity index (χ4n) is 2.06. The van der Waals surface area contributed by atoms with E-state index in [1.807, 2.05) is 63.2 Å². The van der Waals surface area contributed by atoms with E-state index >= 15 is 0 Å². The van der Waals surface area contributed by atoms with Gasteiger partial charge >= 0.3 is 0 Å². The molecule has 2 aromatic rings. The molecule has 0 fully saturated rings. The van der Waals surface area contributed by atoms with Gasteiger partial charge in [-0.1, -0.05) is 24.3 Å². The van der Waals surface area contributed by atoms with Crippen LogP contribution in [0.15, 0.2) is 42.5 Å². The Hall–Kier alpha value is -2.29. The van der Waals surface area contributed by atoms with Crippen LogP contribution in [0.1, 0.15) is 23.6 Å². The third-order valence-corrected chi connectivity index (χ3v) is 3.51. The van der Waals surface area contributed by atoms with Crippen molar-refractivity contribution in [2.75, 3.05) is 5.32 Å². The zero-order valence-electron chi connectivity index (χ0n) is 12.9. The second kappa shape index (κ2) is 6.44. The van der Waals surface area contributed by atoms with Crippen LogP contribution >= 0.6 is 0 Å². The summed E-state index contributed by atoms with van der Waals surface area (Å²) >= 11 is 0. The first-order valence-electron chi connectivity index (χ1n) is 7.08. The van der Waals surface area contributed by atoms with Gasteiger partial charge in [-0.3, -0.25) is 4.79 Å². The highest BCUT2D eigenvalue weighted by atomic mass is 16.5. The van der Waals surface area contributed by atoms with Gasteiger partial charge in [-0.05, 0) is 62.6 Å². The molecule has 110 valence electrons. The van der Waals surface area contributed by atoms with Crippen molar-refractivity contribution in [3.8, 4) is 5.75 Å². The van der Waals surface area contributed by atoms with Crippen molar-refractivity contribution in [2.24, 2.45) is 0 Å². The Balaban J connectivity index is 2.04. The van der Waals surface area contributed by atoms with Crippen LogP contribution in [0, 0.1) is 20.8 Å². The molecular weight excluding hydrogens is 262 g/mol. The van der Waals surface area contributed by atoms with Gasteiger partial charge in [0.2, 0.25) is 0 Å². The summed E-state index contributed by atoms with van der Waals surface area (Å²) in [5, 5.41) is 2.87. The number of benzene rings is 2. The van der Waals surface area contributed by atoms with Crippen molar-refractivity contribution in [3.05, 3.63) is 59.2 Å². The van der Waals surface area contributed by atoms with Crippen LogP contribution in [0.4, 0.5) is 5.69 Å². The summed E-state index contributed by atoms with van der Waals surface area (Å²) in [6.45, 7) is 7.77. The maximum absolute atomic E-state index is 12.2. The predicted molar refractivity (Wildman–Crippen MR) is 85.8 cm³/mol. The lowest BCUT2D eigenvalue weighted by Gasteiger charge is -2.17. The van der Waals surface area contributed by atoms with Crippen LogP contribution in [-0.4, -0.2) is 12.0 Å². The second-order valence-corrected chi connectivity index (χ2v) is 5.32. The average molecular weight is 283 g/mol. The summed E-state index contributed by atoms with van der Waals surface area (Å²) in [6, 6.07) is 13.6. The standard InChI is InChI=1S/C18H21NO2/c1-12-7-5-9-16(11-12)19-18(20)15(4)21-17-10-6-8-13(2)14(17)3/h5-11,15H,1-4H3,(H,19,20). The monoisotopic (exact) mass is 283 g/mol. The van der Waals surface area contributed by atoms with E-state index in [1.165, 1.54) is 0 Å². The molecule has 0 bridgehead atoms. The van der Waals surface area contributed by atoms with E-state index < -0.39 is 6.10 Å². The molecule has 0 aromatic heterocycles. The molecule has 0 radical (unpaired) electrons. The highest BCUT2D eigenvalue weighted by molar-refractivity contribution is 5.94. The minimum Gasteiger partial charge on any atom is -0.481 e. The van der Waals surface area contributed by atoms with Crippen LogP contribution < -0.4 is 10.1 Å². The topological polar surface area (TPSA) is 38.3 Å². The molecule has 0 saturated heterocycles. The molecule has 2 rings (SSSR count). The lowest BCUT2D eigenvalue weighted by atomic mass is 10.1. The summed E-state index contributed by atoms with van der Waals surface area (Å²) in [7, 11) is 0. The Kier molecular flexibility index (Phi) is 4.63. The molecule has 0 saturated carbocycles. The first-order chi connectivity index (χ1) is 9.97. The Morgan fingerprint density at radius 1 is 1.10 bits per heavy atom. The Labute approximate surface area is 126 Å². The van der Waals surface area contributed by atoms with Gasteiger partial charge in [0.1, 0.15) is 5.75 Å². The van der Waals surface area contributed by atoms with E-state index in [9.17, 15) is 4.79 Å². The van der Waals surface area contributed by atoms with Crippen molar-refractivity contribution in [1.82, 2.24) is 0 Å². The zero-order valence-corrected chi connectivity index (χ0v) is 12.9. The van der Waals surface area contributed by atoms with E-state index in [0.717, 1.165) is 28.1 Å². The maximum atomic E-state index is 12.2. The molecule has 3 heteroatoms. The number of carbonyl (C=O) groups is 1. The van der Waals surface area contributed by atoms with E-state index in [4.69, 9.17) is 4.74 Å². The summed E-state index contributed by atoms with van der Waals surface area (Å²) in [6.07, 6.45) is -0.550. The minimum atomic E-state index is -0.550. The first-order valence-corrected chi connectivity index (χ1v) is 7.08. The summed E-state index contributed by atoms with van der Waals surface area (Å²) in [4.78, 5) is 12.2. The van der Waals surface area contributed by atoms with Gasteiger partial charge in [0.25, 0.3) is 5.91 Å². The molecule has 0 aliphatic carbocycles. The van der Waals surface area contributed by atoms with E-state index in [-0.39, 0.29) is 5.91 Å². The fourth-order valence-corrected chi connectivity index (χ4v) is 2.06. The van der Waals surface area contributed by atoms with E-state index in [1.54, 1.807) is 6.92 Å². The Morgan fingerprint density at radius 2 is 1.81 bits per heavy atom. The molecule has 3 nitrogen and oxygen atoms in total. The minimum absolute atomic E-state index is 0.151. The SMILES string of the molecule is Cc1cccc(NC(=O)C(C)Oc2cccc(C)c2C)c1. The van der Waals surface area contributed by atoms with Crippen LogP contribution in [0.5, 0.6) is 5.75 Å². The first kappa shape index (κ1) is 15.1. The third kappa shape index (κ3) is 3.85.